The lowest BCUT2D eigenvalue weighted by molar-refractivity contribution is -0.144. The van der Waals surface area contributed by atoms with Gasteiger partial charge in [-0.2, -0.15) is 18.2 Å². The monoisotopic (exact) mass is 876 g/mol. The SMILES string of the molecule is C=C[C@@H]1C[C@]1(CC(=O)[C@@H]1C[C@@H](Oc2nc(-c3ccc(C(F)(F)F)cc3)nc3c2oc2ccccc23)CN1C(=O)[C@@H](Cc1ccc(Cl)cc1)C(C)(C)C)C(=O)NS(=O)(=O)C1CC1. The lowest BCUT2D eigenvalue weighted by atomic mass is 9.76. The average Bonchev–Trinajstić information content (AvgIpc) is 4.11. The Balaban J connectivity index is 1.15. The van der Waals surface area contributed by atoms with Crippen LogP contribution in [-0.4, -0.2) is 64.8 Å². The number of sulfonamides is 1. The molecule has 0 spiro atoms. The zero-order chi connectivity index (χ0) is 43.6. The number of carbonyl (C=O) groups is 3. The predicted octanol–water partition coefficient (Wildman–Crippen LogP) is 8.73. The van der Waals surface area contributed by atoms with E-state index < -0.39 is 73.5 Å². The number of hydrogen-bond acceptors (Lipinski definition) is 9. The molecule has 2 aliphatic carbocycles. The summed E-state index contributed by atoms with van der Waals surface area (Å²) in [4.78, 5) is 54.1. The second-order valence-corrected chi connectivity index (χ2v) is 19.9. The third kappa shape index (κ3) is 8.51. The van der Waals surface area contributed by atoms with Gasteiger partial charge >= 0.3 is 6.18 Å². The van der Waals surface area contributed by atoms with Crippen LogP contribution in [0, 0.1) is 22.7 Å². The molecule has 0 unspecified atom stereocenters. The number of aromatic nitrogens is 2. The van der Waals surface area contributed by atoms with E-state index in [1.807, 2.05) is 32.9 Å². The van der Waals surface area contributed by atoms with Gasteiger partial charge in [0, 0.05) is 34.7 Å². The summed E-state index contributed by atoms with van der Waals surface area (Å²) in [6, 6.07) is 17.6. The number of nitrogens with zero attached hydrogens (tertiary/aromatic N) is 3. The quantitative estimate of drug-likeness (QED) is 0.115. The van der Waals surface area contributed by atoms with Crippen molar-refractivity contribution in [1.82, 2.24) is 19.6 Å². The number of furan rings is 1. The molecular formula is C45H44ClF3N4O7S. The van der Waals surface area contributed by atoms with Gasteiger partial charge in [-0.05, 0) is 79.0 Å². The first kappa shape index (κ1) is 42.4. The van der Waals surface area contributed by atoms with E-state index in [0.29, 0.717) is 40.8 Å². The topological polar surface area (TPSA) is 149 Å². The molecule has 2 saturated carbocycles. The van der Waals surface area contributed by atoms with Crippen molar-refractivity contribution in [3.63, 3.8) is 0 Å². The Bertz CT molecular complexity index is 2660. The molecule has 2 amide bonds. The van der Waals surface area contributed by atoms with Crippen LogP contribution in [0.25, 0.3) is 33.5 Å². The number of halogens is 4. The summed E-state index contributed by atoms with van der Waals surface area (Å²) in [7, 11) is -3.91. The van der Waals surface area contributed by atoms with Crippen molar-refractivity contribution in [2.45, 2.75) is 82.9 Å². The third-order valence-electron chi connectivity index (χ3n) is 12.1. The maximum atomic E-state index is 14.9. The first-order valence-electron chi connectivity index (χ1n) is 20.1. The Morgan fingerprint density at radius 3 is 2.34 bits per heavy atom. The third-order valence-corrected chi connectivity index (χ3v) is 14.2. The fourth-order valence-corrected chi connectivity index (χ4v) is 9.81. The molecule has 61 heavy (non-hydrogen) atoms. The summed E-state index contributed by atoms with van der Waals surface area (Å²) in [5, 5.41) is 0.497. The van der Waals surface area contributed by atoms with Gasteiger partial charge < -0.3 is 14.1 Å². The Morgan fingerprint density at radius 2 is 1.72 bits per heavy atom. The zero-order valence-corrected chi connectivity index (χ0v) is 35.2. The van der Waals surface area contributed by atoms with Crippen LogP contribution in [-0.2, 0) is 37.0 Å². The van der Waals surface area contributed by atoms with Crippen LogP contribution in [0.4, 0.5) is 13.2 Å². The second-order valence-electron chi connectivity index (χ2n) is 17.5. The molecule has 320 valence electrons. The number of amides is 2. The van der Waals surface area contributed by atoms with Crippen LogP contribution in [0.15, 0.2) is 89.9 Å². The Hall–Kier alpha value is -5.28. The molecule has 3 fully saturated rings. The fraction of sp³-hybridized carbons (Fsp3) is 0.400. The van der Waals surface area contributed by atoms with Gasteiger partial charge in [-0.3, -0.25) is 19.1 Å². The molecule has 5 aromatic rings. The van der Waals surface area contributed by atoms with Crippen molar-refractivity contribution in [3.8, 4) is 17.3 Å². The molecule has 3 heterocycles. The highest BCUT2D eigenvalue weighted by Gasteiger charge is 2.61. The number of para-hydroxylation sites is 1. The minimum atomic E-state index is -4.55. The van der Waals surface area contributed by atoms with Gasteiger partial charge in [0.1, 0.15) is 17.2 Å². The molecule has 0 bridgehead atoms. The summed E-state index contributed by atoms with van der Waals surface area (Å²) < 4.78 is 81.1. The number of Topliss-reactive ketones (excluding diaryl/α,β-unsaturated/α-hetero) is 1. The van der Waals surface area contributed by atoms with Gasteiger partial charge in [0.15, 0.2) is 11.6 Å². The minimum absolute atomic E-state index is 0.0133. The van der Waals surface area contributed by atoms with E-state index in [1.165, 1.54) is 17.0 Å². The minimum Gasteiger partial charge on any atom is -0.470 e. The van der Waals surface area contributed by atoms with Gasteiger partial charge in [0.25, 0.3) is 5.88 Å². The number of benzene rings is 3. The Kier molecular flexibility index (Phi) is 10.8. The van der Waals surface area contributed by atoms with Gasteiger partial charge in [0.05, 0.1) is 28.8 Å². The van der Waals surface area contributed by atoms with Crippen LogP contribution in [0.5, 0.6) is 5.88 Å². The van der Waals surface area contributed by atoms with Crippen LogP contribution >= 0.6 is 11.6 Å². The number of rotatable bonds is 13. The van der Waals surface area contributed by atoms with Crippen molar-refractivity contribution < 1.29 is 45.1 Å². The summed E-state index contributed by atoms with van der Waals surface area (Å²) >= 11 is 6.17. The Morgan fingerprint density at radius 1 is 1.03 bits per heavy atom. The summed E-state index contributed by atoms with van der Waals surface area (Å²) in [5.41, 5.74) is -0.669. The largest absolute Gasteiger partial charge is 0.470 e. The predicted molar refractivity (Wildman–Crippen MR) is 223 cm³/mol. The average molecular weight is 877 g/mol. The maximum absolute atomic E-state index is 14.9. The highest BCUT2D eigenvalue weighted by Crippen LogP contribution is 2.57. The number of allylic oxidation sites excluding steroid dienone is 1. The molecule has 3 aliphatic rings. The first-order chi connectivity index (χ1) is 28.8. The number of fused-ring (bicyclic) bond motifs is 3. The molecule has 1 saturated heterocycles. The number of ketones is 1. The molecule has 8 rings (SSSR count). The van der Waals surface area contributed by atoms with E-state index in [-0.39, 0.29) is 54.6 Å². The van der Waals surface area contributed by atoms with Crippen LogP contribution in [0.2, 0.25) is 5.02 Å². The Labute approximate surface area is 355 Å². The van der Waals surface area contributed by atoms with Crippen molar-refractivity contribution >= 4 is 61.3 Å². The van der Waals surface area contributed by atoms with Gasteiger partial charge in [-0.15, -0.1) is 6.58 Å². The van der Waals surface area contributed by atoms with E-state index in [4.69, 9.17) is 20.8 Å². The van der Waals surface area contributed by atoms with Crippen LogP contribution in [0.3, 0.4) is 0 Å². The molecule has 16 heteroatoms. The molecule has 0 radical (unpaired) electrons. The number of hydrogen-bond donors (Lipinski definition) is 1. The molecule has 2 aromatic heterocycles. The standard InChI is InChI=1S/C45H44ClF3N4O7S/c1-5-27-22-44(27,42(56)52-61(57,58)31-18-19-31)23-35(54)34-21-30(24-53(34)41(55)33(43(2,3)4)20-25-10-16-29(46)17-11-25)59-40-38-37(32-8-6-7-9-36(32)60-38)50-39(51-40)26-12-14-28(15-13-26)45(47,48)49/h5-17,27,30-31,33-34H,1,18-24H2,2-4H3,(H,52,56)/t27-,30-,33-,34+,44-/m1/s1. The fourth-order valence-electron chi connectivity index (χ4n) is 8.30. The summed E-state index contributed by atoms with van der Waals surface area (Å²) in [5.74, 6) is -2.58. The summed E-state index contributed by atoms with van der Waals surface area (Å²) in [6.07, 6.45) is -2.77. The lowest BCUT2D eigenvalue weighted by Crippen LogP contribution is -2.48. The zero-order valence-electron chi connectivity index (χ0n) is 33.7. The van der Waals surface area contributed by atoms with Crippen LogP contribution in [0.1, 0.15) is 64.0 Å². The van der Waals surface area contributed by atoms with E-state index >= 15 is 0 Å². The lowest BCUT2D eigenvalue weighted by Gasteiger charge is -2.35. The van der Waals surface area contributed by atoms with Gasteiger partial charge in [-0.25, -0.2) is 13.4 Å². The van der Waals surface area contributed by atoms with E-state index in [0.717, 1.165) is 17.7 Å². The van der Waals surface area contributed by atoms with Crippen molar-refractivity contribution in [2.75, 3.05) is 6.54 Å². The van der Waals surface area contributed by atoms with Crippen molar-refractivity contribution in [1.29, 1.82) is 0 Å². The number of alkyl halides is 3. The first-order valence-corrected chi connectivity index (χ1v) is 22.0. The number of likely N-dealkylation sites (tertiary alicyclic amines) is 1. The highest BCUT2D eigenvalue weighted by atomic mass is 35.5. The molecule has 5 atom stereocenters. The highest BCUT2D eigenvalue weighted by molar-refractivity contribution is 7.90. The van der Waals surface area contributed by atoms with Gasteiger partial charge in [-0.1, -0.05) is 74.8 Å². The number of nitrogens with one attached hydrogen (secondary N) is 1. The van der Waals surface area contributed by atoms with Crippen molar-refractivity contribution in [3.05, 3.63) is 102 Å². The smallest absolute Gasteiger partial charge is 0.416 e. The molecule has 3 aromatic carbocycles. The van der Waals surface area contributed by atoms with Gasteiger partial charge in [0.2, 0.25) is 27.4 Å². The van der Waals surface area contributed by atoms with E-state index in [2.05, 4.69) is 21.3 Å². The summed E-state index contributed by atoms with van der Waals surface area (Å²) in [6.45, 7) is 9.57. The van der Waals surface area contributed by atoms with E-state index in [1.54, 1.807) is 42.5 Å². The van der Waals surface area contributed by atoms with E-state index in [9.17, 15) is 36.0 Å². The van der Waals surface area contributed by atoms with Crippen LogP contribution < -0.4 is 9.46 Å². The maximum Gasteiger partial charge on any atom is 0.416 e. The van der Waals surface area contributed by atoms with Crippen molar-refractivity contribution in [2.24, 2.45) is 22.7 Å². The number of carbonyl (C=O) groups excluding carboxylic acids is 3. The molecule has 1 aliphatic heterocycles. The molecule has 11 nitrogen and oxygen atoms in total. The number of ether oxygens (including phenoxy) is 1. The normalized spacial score (nSPS) is 22.3. The molecule has 1 N–H and O–H groups in total. The molecular weight excluding hydrogens is 833 g/mol. The second kappa shape index (κ2) is 15.6.